The summed E-state index contributed by atoms with van der Waals surface area (Å²) in [7, 11) is 0. The van der Waals surface area contributed by atoms with Crippen molar-refractivity contribution in [1.82, 2.24) is 10.6 Å². The van der Waals surface area contributed by atoms with E-state index in [9.17, 15) is 19.7 Å². The molecule has 3 aliphatic rings. The average molecular weight is 383 g/mol. The fourth-order valence-electron chi connectivity index (χ4n) is 2.52. The summed E-state index contributed by atoms with van der Waals surface area (Å²) in [6.45, 7) is 1.46. The molecule has 1 fully saturated rings. The summed E-state index contributed by atoms with van der Waals surface area (Å²) in [6.07, 6.45) is 0.0385. The first-order valence-corrected chi connectivity index (χ1v) is 8.68. The number of aliphatic hydroxyl groups is 1. The minimum absolute atomic E-state index is 0.0185. The number of nitro groups is 1. The summed E-state index contributed by atoms with van der Waals surface area (Å²) in [6, 6.07) is 5.98. The molecule has 0 aliphatic carbocycles. The SMILES string of the molecule is O=C(NCCCO)C1CC(S)CN1.O=C1OC([N+](=O)[O-])c2ccc1cc2. The van der Waals surface area contributed by atoms with Gasteiger partial charge in [-0.15, -0.1) is 0 Å². The number of carbonyl (C=O) groups is 2. The summed E-state index contributed by atoms with van der Waals surface area (Å²) >= 11 is 4.27. The molecule has 1 amide bonds. The lowest BCUT2D eigenvalue weighted by atomic mass is 10.1. The molecule has 9 nitrogen and oxygen atoms in total. The number of thiol groups is 1. The van der Waals surface area contributed by atoms with Gasteiger partial charge in [-0.1, -0.05) is 0 Å². The van der Waals surface area contributed by atoms with E-state index in [1.165, 1.54) is 24.3 Å². The number of ether oxygens (including phenoxy) is 1. The number of fused-ring (bicyclic) bond motifs is 4. The number of esters is 1. The van der Waals surface area contributed by atoms with Gasteiger partial charge in [-0.3, -0.25) is 14.9 Å². The van der Waals surface area contributed by atoms with Crippen LogP contribution in [-0.2, 0) is 9.53 Å². The molecule has 3 atom stereocenters. The van der Waals surface area contributed by atoms with Crippen LogP contribution in [0.3, 0.4) is 0 Å². The highest BCUT2D eigenvalue weighted by atomic mass is 32.1. The van der Waals surface area contributed by atoms with Crippen LogP contribution in [0.25, 0.3) is 0 Å². The second kappa shape index (κ2) is 9.51. The van der Waals surface area contributed by atoms with E-state index in [0.29, 0.717) is 24.1 Å². The number of aliphatic hydroxyl groups excluding tert-OH is 1. The van der Waals surface area contributed by atoms with Gasteiger partial charge in [0, 0.05) is 24.9 Å². The molecule has 10 heteroatoms. The van der Waals surface area contributed by atoms with Gasteiger partial charge >= 0.3 is 12.2 Å². The Kier molecular flexibility index (Phi) is 7.37. The van der Waals surface area contributed by atoms with E-state index < -0.39 is 17.1 Å². The number of rotatable bonds is 5. The number of hydrogen-bond donors (Lipinski definition) is 4. The van der Waals surface area contributed by atoms with E-state index in [-0.39, 0.29) is 23.8 Å². The fraction of sp³-hybridized carbons (Fsp3) is 0.500. The molecule has 1 aromatic carbocycles. The highest BCUT2D eigenvalue weighted by molar-refractivity contribution is 7.81. The van der Waals surface area contributed by atoms with Crippen molar-refractivity contribution in [1.29, 1.82) is 0 Å². The summed E-state index contributed by atoms with van der Waals surface area (Å²) in [4.78, 5) is 32.3. The molecule has 3 heterocycles. The largest absolute Gasteiger partial charge is 0.396 e. The predicted molar refractivity (Wildman–Crippen MR) is 95.5 cm³/mol. The van der Waals surface area contributed by atoms with Crippen LogP contribution in [0, 0.1) is 10.1 Å². The van der Waals surface area contributed by atoms with E-state index in [4.69, 9.17) is 5.11 Å². The Labute approximate surface area is 155 Å². The van der Waals surface area contributed by atoms with Crippen LogP contribution >= 0.6 is 12.6 Å². The number of carbonyl (C=O) groups excluding carboxylic acids is 2. The Bertz CT molecular complexity index is 654. The van der Waals surface area contributed by atoms with Crippen LogP contribution < -0.4 is 10.6 Å². The van der Waals surface area contributed by atoms with Gasteiger partial charge in [0.25, 0.3) is 0 Å². The molecule has 2 bridgehead atoms. The standard InChI is InChI=1S/C8H16N2O2S.C8H5NO4/c11-3-1-2-9-8(12)7-4-6(13)5-10-7;10-8-6-3-1-5(2-4-6)7(13-8)9(11)12/h6-7,10-11,13H,1-5H2,(H,9,12);1-4,7H. The molecule has 0 spiro atoms. The zero-order valence-electron chi connectivity index (χ0n) is 14.0. The minimum Gasteiger partial charge on any atom is -0.396 e. The topological polar surface area (TPSA) is 131 Å². The predicted octanol–water partition coefficient (Wildman–Crippen LogP) is 0.278. The van der Waals surface area contributed by atoms with Gasteiger partial charge in [-0.2, -0.15) is 12.6 Å². The molecule has 1 aromatic rings. The molecule has 0 aromatic heterocycles. The maximum Gasteiger partial charge on any atom is 0.383 e. The molecular formula is C16H21N3O6S. The molecule has 3 N–H and O–H groups in total. The Balaban J connectivity index is 0.000000187. The molecule has 142 valence electrons. The smallest absolute Gasteiger partial charge is 0.383 e. The maximum absolute atomic E-state index is 11.4. The van der Waals surface area contributed by atoms with Gasteiger partial charge in [0.2, 0.25) is 5.91 Å². The van der Waals surface area contributed by atoms with E-state index in [2.05, 4.69) is 28.0 Å². The van der Waals surface area contributed by atoms with Crippen LogP contribution in [0.15, 0.2) is 24.3 Å². The molecule has 0 saturated carbocycles. The Morgan fingerprint density at radius 1 is 1.42 bits per heavy atom. The molecule has 3 aliphatic heterocycles. The Morgan fingerprint density at radius 3 is 2.65 bits per heavy atom. The summed E-state index contributed by atoms with van der Waals surface area (Å²) in [5.41, 5.74) is 0.729. The Hall–Kier alpha value is -2.17. The van der Waals surface area contributed by atoms with Gasteiger partial charge in [0.15, 0.2) is 0 Å². The second-order valence-electron chi connectivity index (χ2n) is 5.88. The molecule has 26 heavy (non-hydrogen) atoms. The molecule has 0 radical (unpaired) electrons. The summed E-state index contributed by atoms with van der Waals surface area (Å²) < 4.78 is 4.62. The van der Waals surface area contributed by atoms with Crippen LogP contribution in [0.4, 0.5) is 0 Å². The normalized spacial score (nSPS) is 23.5. The van der Waals surface area contributed by atoms with E-state index in [1.54, 1.807) is 0 Å². The van der Waals surface area contributed by atoms with Crippen LogP contribution in [0.1, 0.15) is 35.0 Å². The van der Waals surface area contributed by atoms with Crippen molar-refractivity contribution in [2.75, 3.05) is 19.7 Å². The number of benzene rings is 1. The Morgan fingerprint density at radius 2 is 2.12 bits per heavy atom. The van der Waals surface area contributed by atoms with Crippen molar-refractivity contribution in [2.24, 2.45) is 0 Å². The third-order valence-corrected chi connectivity index (χ3v) is 4.29. The van der Waals surface area contributed by atoms with Crippen molar-refractivity contribution in [3.63, 3.8) is 0 Å². The van der Waals surface area contributed by atoms with Crippen molar-refractivity contribution < 1.29 is 24.4 Å². The number of nitrogens with one attached hydrogen (secondary N) is 2. The highest BCUT2D eigenvalue weighted by Gasteiger charge is 2.31. The first kappa shape index (κ1) is 20.1. The molecular weight excluding hydrogens is 362 g/mol. The van der Waals surface area contributed by atoms with Crippen molar-refractivity contribution >= 4 is 24.5 Å². The van der Waals surface area contributed by atoms with Gasteiger partial charge < -0.3 is 20.5 Å². The van der Waals surface area contributed by atoms with Crippen molar-refractivity contribution in [3.8, 4) is 0 Å². The van der Waals surface area contributed by atoms with Crippen LogP contribution in [0.5, 0.6) is 0 Å². The molecule has 1 saturated heterocycles. The third kappa shape index (κ3) is 5.41. The maximum atomic E-state index is 11.4. The van der Waals surface area contributed by atoms with Gasteiger partial charge in [0.05, 0.1) is 22.1 Å². The zero-order chi connectivity index (χ0) is 19.1. The lowest BCUT2D eigenvalue weighted by molar-refractivity contribution is -0.574. The number of hydrogen-bond acceptors (Lipinski definition) is 8. The molecule has 4 rings (SSSR count). The molecule has 3 unspecified atom stereocenters. The van der Waals surface area contributed by atoms with Crippen LogP contribution in [0.2, 0.25) is 0 Å². The quantitative estimate of drug-likeness (QED) is 0.189. The van der Waals surface area contributed by atoms with Crippen molar-refractivity contribution in [3.05, 3.63) is 45.5 Å². The fourth-order valence-corrected chi connectivity index (χ4v) is 2.83. The third-order valence-electron chi connectivity index (χ3n) is 3.90. The summed E-state index contributed by atoms with van der Waals surface area (Å²) in [5, 5.41) is 25.1. The number of amides is 1. The van der Waals surface area contributed by atoms with Gasteiger partial charge in [-0.25, -0.2) is 4.79 Å². The number of nitrogens with zero attached hydrogens (tertiary/aromatic N) is 1. The van der Waals surface area contributed by atoms with Gasteiger partial charge in [-0.05, 0) is 37.1 Å². The lowest BCUT2D eigenvalue weighted by Gasteiger charge is -2.10. The first-order chi connectivity index (χ1) is 12.4. The average Bonchev–Trinajstić information content (AvgIpc) is 2.92. The zero-order valence-corrected chi connectivity index (χ0v) is 14.9. The minimum atomic E-state index is -1.36. The first-order valence-electron chi connectivity index (χ1n) is 8.17. The summed E-state index contributed by atoms with van der Waals surface area (Å²) in [5.74, 6) is -0.633. The highest BCUT2D eigenvalue weighted by Crippen LogP contribution is 2.24. The van der Waals surface area contributed by atoms with E-state index in [1.807, 2.05) is 0 Å². The van der Waals surface area contributed by atoms with E-state index >= 15 is 0 Å². The second-order valence-corrected chi connectivity index (χ2v) is 6.61. The van der Waals surface area contributed by atoms with Gasteiger partial charge in [0.1, 0.15) is 0 Å². The van der Waals surface area contributed by atoms with Crippen LogP contribution in [-0.4, -0.2) is 52.9 Å². The monoisotopic (exact) mass is 383 g/mol. The van der Waals surface area contributed by atoms with E-state index in [0.717, 1.165) is 13.0 Å². The van der Waals surface area contributed by atoms with Crippen molar-refractivity contribution in [2.45, 2.75) is 30.4 Å². The lowest BCUT2D eigenvalue weighted by Crippen LogP contribution is -2.40.